The Hall–Kier alpha value is -1.56. The summed E-state index contributed by atoms with van der Waals surface area (Å²) in [5, 5.41) is 14.7. The van der Waals surface area contributed by atoms with Crippen molar-refractivity contribution in [1.29, 1.82) is 0 Å². The molecule has 1 N–H and O–H groups in total. The van der Waals surface area contributed by atoms with Gasteiger partial charge in [0.2, 0.25) is 0 Å². The van der Waals surface area contributed by atoms with Crippen LogP contribution in [-0.4, -0.2) is 4.92 Å². The van der Waals surface area contributed by atoms with Crippen molar-refractivity contribution < 1.29 is 9.31 Å². The highest BCUT2D eigenvalue weighted by molar-refractivity contribution is 6.44. The highest BCUT2D eigenvalue weighted by Gasteiger charge is 2.15. The molecule has 8 heteroatoms. The van der Waals surface area contributed by atoms with Gasteiger partial charge in [0.05, 0.1) is 31.2 Å². The Morgan fingerprint density at radius 2 is 1.76 bits per heavy atom. The summed E-state index contributed by atoms with van der Waals surface area (Å²) < 4.78 is 13.2. The number of nitrogens with zero attached hydrogens (tertiary/aromatic N) is 1. The molecule has 2 aromatic carbocycles. The van der Waals surface area contributed by atoms with Crippen LogP contribution in [-0.2, 0) is 6.54 Å². The minimum atomic E-state index is -0.576. The van der Waals surface area contributed by atoms with Gasteiger partial charge in [-0.1, -0.05) is 34.8 Å². The largest absolute Gasteiger partial charge is 0.379 e. The topological polar surface area (TPSA) is 55.2 Å². The highest BCUT2D eigenvalue weighted by Crippen LogP contribution is 2.33. The molecule has 0 atom stereocenters. The number of hydrogen-bond acceptors (Lipinski definition) is 3. The van der Waals surface area contributed by atoms with Crippen molar-refractivity contribution in [2.75, 3.05) is 5.32 Å². The van der Waals surface area contributed by atoms with E-state index in [0.717, 1.165) is 18.2 Å². The third-order valence-electron chi connectivity index (χ3n) is 2.72. The number of benzene rings is 2. The summed E-state index contributed by atoms with van der Waals surface area (Å²) in [6.45, 7) is 0.0196. The first-order chi connectivity index (χ1) is 9.88. The maximum atomic E-state index is 13.2. The number of anilines is 1. The molecule has 0 saturated heterocycles. The second-order valence-corrected chi connectivity index (χ2v) is 5.35. The number of nitro benzene ring substituents is 1. The Kier molecular flexibility index (Phi) is 4.88. The predicted octanol–water partition coefficient (Wildman–Crippen LogP) is 5.31. The quantitative estimate of drug-likeness (QED) is 0.462. The van der Waals surface area contributed by atoms with Crippen LogP contribution < -0.4 is 5.32 Å². The van der Waals surface area contributed by atoms with Crippen LogP contribution >= 0.6 is 34.8 Å². The Labute approximate surface area is 134 Å². The van der Waals surface area contributed by atoms with Crippen LogP contribution in [0.5, 0.6) is 0 Å². The molecule has 0 spiro atoms. The molecule has 0 aliphatic rings. The zero-order valence-electron chi connectivity index (χ0n) is 10.4. The van der Waals surface area contributed by atoms with E-state index in [4.69, 9.17) is 34.8 Å². The van der Waals surface area contributed by atoms with E-state index in [1.54, 1.807) is 0 Å². The molecular formula is C13H8Cl3FN2O2. The number of hydrogen-bond donors (Lipinski definition) is 1. The fourth-order valence-electron chi connectivity index (χ4n) is 1.72. The van der Waals surface area contributed by atoms with Crippen molar-refractivity contribution in [2.24, 2.45) is 0 Å². The second-order valence-electron chi connectivity index (χ2n) is 4.13. The molecule has 0 fully saturated rings. The summed E-state index contributed by atoms with van der Waals surface area (Å²) in [7, 11) is 0. The standard InChI is InChI=1S/C13H8Cl3FN2O2/c14-9-4-11(16)12(5-10(9)15)18-6-7-3-8(17)1-2-13(7)19(20)21/h1-5,18H,6H2. The Bertz CT molecular complexity index is 710. The van der Waals surface area contributed by atoms with Crippen molar-refractivity contribution in [3.05, 3.63) is 66.9 Å². The van der Waals surface area contributed by atoms with E-state index in [1.807, 2.05) is 0 Å². The van der Waals surface area contributed by atoms with Crippen molar-refractivity contribution in [2.45, 2.75) is 6.54 Å². The molecule has 0 heterocycles. The van der Waals surface area contributed by atoms with Gasteiger partial charge in [-0.2, -0.15) is 0 Å². The van der Waals surface area contributed by atoms with Crippen molar-refractivity contribution >= 4 is 46.2 Å². The maximum Gasteiger partial charge on any atom is 0.274 e. The van der Waals surface area contributed by atoms with Gasteiger partial charge in [-0.3, -0.25) is 10.1 Å². The van der Waals surface area contributed by atoms with E-state index in [9.17, 15) is 14.5 Å². The van der Waals surface area contributed by atoms with Gasteiger partial charge in [-0.25, -0.2) is 4.39 Å². The Balaban J connectivity index is 2.26. The summed E-state index contributed by atoms with van der Waals surface area (Å²) in [6, 6.07) is 6.19. The first kappa shape index (κ1) is 15.8. The van der Waals surface area contributed by atoms with Crippen LogP contribution in [0.15, 0.2) is 30.3 Å². The first-order valence-corrected chi connectivity index (χ1v) is 6.83. The smallest absolute Gasteiger partial charge is 0.274 e. The lowest BCUT2D eigenvalue weighted by atomic mass is 10.1. The zero-order chi connectivity index (χ0) is 15.6. The molecule has 4 nitrogen and oxygen atoms in total. The van der Waals surface area contributed by atoms with Gasteiger partial charge in [0.1, 0.15) is 5.82 Å². The molecule has 110 valence electrons. The zero-order valence-corrected chi connectivity index (χ0v) is 12.6. The van der Waals surface area contributed by atoms with Crippen LogP contribution in [0.25, 0.3) is 0 Å². The third kappa shape index (κ3) is 3.75. The molecule has 0 unspecified atom stereocenters. The van der Waals surface area contributed by atoms with Crippen LogP contribution in [0.2, 0.25) is 15.1 Å². The van der Waals surface area contributed by atoms with Crippen LogP contribution in [0, 0.1) is 15.9 Å². The van der Waals surface area contributed by atoms with Gasteiger partial charge in [-0.15, -0.1) is 0 Å². The lowest BCUT2D eigenvalue weighted by molar-refractivity contribution is -0.385. The average molecular weight is 350 g/mol. The van der Waals surface area contributed by atoms with Gasteiger partial charge in [0, 0.05) is 12.6 Å². The monoisotopic (exact) mass is 348 g/mol. The average Bonchev–Trinajstić information content (AvgIpc) is 2.41. The van der Waals surface area contributed by atoms with E-state index in [0.29, 0.717) is 15.7 Å². The van der Waals surface area contributed by atoms with Crippen molar-refractivity contribution in [3.8, 4) is 0 Å². The third-order valence-corrected chi connectivity index (χ3v) is 3.75. The lowest BCUT2D eigenvalue weighted by Crippen LogP contribution is -2.04. The normalized spacial score (nSPS) is 10.5. The van der Waals surface area contributed by atoms with E-state index in [2.05, 4.69) is 5.32 Å². The second kappa shape index (κ2) is 6.47. The predicted molar refractivity (Wildman–Crippen MR) is 81.9 cm³/mol. The van der Waals surface area contributed by atoms with Crippen molar-refractivity contribution in [1.82, 2.24) is 0 Å². The highest BCUT2D eigenvalue weighted by atomic mass is 35.5. The Morgan fingerprint density at radius 1 is 1.10 bits per heavy atom. The minimum Gasteiger partial charge on any atom is -0.379 e. The Morgan fingerprint density at radius 3 is 2.43 bits per heavy atom. The van der Waals surface area contributed by atoms with Crippen LogP contribution in [0.3, 0.4) is 0 Å². The first-order valence-electron chi connectivity index (χ1n) is 5.69. The SMILES string of the molecule is O=[N+]([O-])c1ccc(F)cc1CNc1cc(Cl)c(Cl)cc1Cl. The number of nitro groups is 1. The molecule has 21 heavy (non-hydrogen) atoms. The molecule has 0 aliphatic heterocycles. The van der Waals surface area contributed by atoms with Crippen LogP contribution in [0.4, 0.5) is 15.8 Å². The van der Waals surface area contributed by atoms with Gasteiger partial charge in [0.15, 0.2) is 0 Å². The molecule has 0 radical (unpaired) electrons. The van der Waals surface area contributed by atoms with Gasteiger partial charge in [0.25, 0.3) is 5.69 Å². The van der Waals surface area contributed by atoms with E-state index >= 15 is 0 Å². The molecule has 2 rings (SSSR count). The molecule has 2 aromatic rings. The molecule has 0 amide bonds. The van der Waals surface area contributed by atoms with E-state index in [1.165, 1.54) is 12.1 Å². The maximum absolute atomic E-state index is 13.2. The number of halogens is 4. The van der Waals surface area contributed by atoms with Crippen molar-refractivity contribution in [3.63, 3.8) is 0 Å². The summed E-state index contributed by atoms with van der Waals surface area (Å²) >= 11 is 17.7. The number of rotatable bonds is 4. The van der Waals surface area contributed by atoms with Gasteiger partial charge >= 0.3 is 0 Å². The molecular weight excluding hydrogens is 342 g/mol. The number of nitrogens with one attached hydrogen (secondary N) is 1. The lowest BCUT2D eigenvalue weighted by Gasteiger charge is -2.10. The molecule has 0 aromatic heterocycles. The molecule has 0 aliphatic carbocycles. The summed E-state index contributed by atoms with van der Waals surface area (Å²) in [4.78, 5) is 10.3. The minimum absolute atomic E-state index is 0.0196. The van der Waals surface area contributed by atoms with E-state index < -0.39 is 10.7 Å². The summed E-state index contributed by atoms with van der Waals surface area (Å²) in [6.07, 6.45) is 0. The summed E-state index contributed by atoms with van der Waals surface area (Å²) in [5.41, 5.74) is 0.465. The van der Waals surface area contributed by atoms with Crippen LogP contribution in [0.1, 0.15) is 5.56 Å². The summed E-state index contributed by atoms with van der Waals surface area (Å²) in [5.74, 6) is -0.558. The molecule has 0 saturated carbocycles. The van der Waals surface area contributed by atoms with E-state index in [-0.39, 0.29) is 22.8 Å². The van der Waals surface area contributed by atoms with Gasteiger partial charge < -0.3 is 5.32 Å². The fourth-order valence-corrected chi connectivity index (χ4v) is 2.34. The molecule has 0 bridgehead atoms. The fraction of sp³-hybridized carbons (Fsp3) is 0.0769. The van der Waals surface area contributed by atoms with Gasteiger partial charge in [-0.05, 0) is 24.3 Å².